The molecule has 7 heteroatoms. The Kier molecular flexibility index (Phi) is 7.45. The van der Waals surface area contributed by atoms with Crippen LogP contribution in [0.15, 0.2) is 30.3 Å². The van der Waals surface area contributed by atoms with Crippen LogP contribution in [0.3, 0.4) is 0 Å². The average Bonchev–Trinajstić information content (AvgIpc) is 2.82. The molecule has 1 unspecified atom stereocenters. The number of hydrogen-bond acceptors (Lipinski definition) is 6. The van der Waals surface area contributed by atoms with Crippen LogP contribution in [0.1, 0.15) is 63.9 Å². The van der Waals surface area contributed by atoms with E-state index >= 15 is 0 Å². The minimum atomic E-state index is -4.06. The molecule has 0 N–H and O–H groups in total. The van der Waals surface area contributed by atoms with E-state index in [1.165, 1.54) is 21.3 Å². The van der Waals surface area contributed by atoms with Crippen LogP contribution in [0.2, 0.25) is 0 Å². The predicted molar refractivity (Wildman–Crippen MR) is 125 cm³/mol. The SMILES string of the molecule is COc1cc(OC)c(C(=O)P(=O)(C(=O)c2c(C)cccc2C)C2CCCCC2)c(OC)c1. The summed E-state index contributed by atoms with van der Waals surface area (Å²) in [7, 11) is 0.277. The zero-order valence-electron chi connectivity index (χ0n) is 19.4. The van der Waals surface area contributed by atoms with Gasteiger partial charge in [0.15, 0.2) is 0 Å². The molecule has 0 saturated heterocycles. The van der Waals surface area contributed by atoms with Gasteiger partial charge in [-0.25, -0.2) is 0 Å². The van der Waals surface area contributed by atoms with Crippen molar-refractivity contribution >= 4 is 18.2 Å². The molecule has 1 atom stereocenters. The van der Waals surface area contributed by atoms with Crippen molar-refractivity contribution in [2.75, 3.05) is 21.3 Å². The first-order chi connectivity index (χ1) is 15.3. The van der Waals surface area contributed by atoms with E-state index in [1.807, 2.05) is 32.0 Å². The van der Waals surface area contributed by atoms with Gasteiger partial charge in [-0.05, 0) is 37.8 Å². The van der Waals surface area contributed by atoms with Gasteiger partial charge < -0.3 is 18.8 Å². The number of carbonyl (C=O) groups is 2. The van der Waals surface area contributed by atoms with E-state index in [4.69, 9.17) is 14.2 Å². The first-order valence-corrected chi connectivity index (χ1v) is 12.6. The van der Waals surface area contributed by atoms with Crippen LogP contribution in [0.5, 0.6) is 17.2 Å². The topological polar surface area (TPSA) is 78.9 Å². The molecule has 2 aromatic rings. The Balaban J connectivity index is 2.25. The molecule has 0 bridgehead atoms. The van der Waals surface area contributed by atoms with Crippen LogP contribution < -0.4 is 14.2 Å². The summed E-state index contributed by atoms with van der Waals surface area (Å²) in [5.41, 5.74) is 0.0792. The van der Waals surface area contributed by atoms with Crippen molar-refractivity contribution in [3.63, 3.8) is 0 Å². The molecule has 3 rings (SSSR count). The van der Waals surface area contributed by atoms with Crippen molar-refractivity contribution in [2.45, 2.75) is 51.6 Å². The summed E-state index contributed by atoms with van der Waals surface area (Å²) in [6.45, 7) is 3.62. The first kappa shape index (κ1) is 24.1. The summed E-state index contributed by atoms with van der Waals surface area (Å²) in [4.78, 5) is 28.0. The van der Waals surface area contributed by atoms with Crippen LogP contribution in [0.25, 0.3) is 0 Å². The third kappa shape index (κ3) is 4.21. The molecule has 0 spiro atoms. The van der Waals surface area contributed by atoms with Gasteiger partial charge in [0.05, 0.1) is 21.3 Å². The lowest BCUT2D eigenvalue weighted by molar-refractivity contribution is 0.103. The fourth-order valence-electron chi connectivity index (χ4n) is 4.57. The molecular weight excluding hydrogens is 427 g/mol. The largest absolute Gasteiger partial charge is 0.496 e. The molecule has 1 fully saturated rings. The van der Waals surface area contributed by atoms with Gasteiger partial charge in [0, 0.05) is 23.4 Å². The van der Waals surface area contributed by atoms with Gasteiger partial charge in [0.1, 0.15) is 22.8 Å². The lowest BCUT2D eigenvalue weighted by atomic mass is 10.0. The molecule has 0 aromatic heterocycles. The van der Waals surface area contributed by atoms with Gasteiger partial charge in [-0.2, -0.15) is 0 Å². The minimum absolute atomic E-state index is 0.0318. The Morgan fingerprint density at radius 2 is 1.31 bits per heavy atom. The normalized spacial score (nSPS) is 16.2. The van der Waals surface area contributed by atoms with Gasteiger partial charge >= 0.3 is 0 Å². The summed E-state index contributed by atoms with van der Waals surface area (Å²) in [5.74, 6) is 0.789. The number of ether oxygens (including phenoxy) is 3. The van der Waals surface area contributed by atoms with E-state index in [9.17, 15) is 14.2 Å². The molecule has 0 radical (unpaired) electrons. The zero-order valence-corrected chi connectivity index (χ0v) is 20.3. The summed E-state index contributed by atoms with van der Waals surface area (Å²) < 4.78 is 30.9. The van der Waals surface area contributed by atoms with Gasteiger partial charge in [-0.15, -0.1) is 0 Å². The number of methoxy groups -OCH3 is 3. The monoisotopic (exact) mass is 458 g/mol. The highest BCUT2D eigenvalue weighted by molar-refractivity contribution is 7.96. The standard InChI is InChI=1S/C25H31O6P/c1-16-10-9-11-17(2)22(16)24(26)32(28,19-12-7-6-8-13-19)25(27)23-20(30-4)14-18(29-3)15-21(23)31-5/h9-11,14-15,19H,6-8,12-13H2,1-5H3. The molecule has 0 amide bonds. The van der Waals surface area contributed by atoms with Crippen LogP contribution in [0, 0.1) is 13.8 Å². The number of rotatable bonds is 8. The number of benzene rings is 2. The van der Waals surface area contributed by atoms with Crippen molar-refractivity contribution in [2.24, 2.45) is 0 Å². The summed E-state index contributed by atoms with van der Waals surface area (Å²) in [5, 5.41) is 0. The minimum Gasteiger partial charge on any atom is -0.496 e. The molecule has 2 aromatic carbocycles. The number of hydrogen-bond donors (Lipinski definition) is 0. The molecule has 1 saturated carbocycles. The third-order valence-electron chi connectivity index (χ3n) is 6.32. The fraction of sp³-hybridized carbons (Fsp3) is 0.440. The van der Waals surface area contributed by atoms with Crippen LogP contribution >= 0.6 is 7.14 Å². The molecule has 172 valence electrons. The van der Waals surface area contributed by atoms with Crippen molar-refractivity contribution in [1.29, 1.82) is 0 Å². The van der Waals surface area contributed by atoms with Crippen LogP contribution in [-0.4, -0.2) is 38.0 Å². The predicted octanol–water partition coefficient (Wildman–Crippen LogP) is 6.01. The average molecular weight is 458 g/mol. The summed E-state index contributed by atoms with van der Waals surface area (Å²) >= 11 is 0. The summed E-state index contributed by atoms with van der Waals surface area (Å²) in [6.07, 6.45) is 3.87. The van der Waals surface area contributed by atoms with E-state index in [1.54, 1.807) is 12.1 Å². The van der Waals surface area contributed by atoms with Crippen molar-refractivity contribution in [3.05, 3.63) is 52.6 Å². The Morgan fingerprint density at radius 3 is 1.78 bits per heavy atom. The highest BCUT2D eigenvalue weighted by atomic mass is 31.2. The smallest absolute Gasteiger partial charge is 0.236 e. The van der Waals surface area contributed by atoms with Crippen LogP contribution in [0.4, 0.5) is 0 Å². The van der Waals surface area contributed by atoms with Crippen molar-refractivity contribution < 1.29 is 28.4 Å². The van der Waals surface area contributed by atoms with Gasteiger partial charge in [0.2, 0.25) is 18.2 Å². The maximum atomic E-state index is 14.7. The molecule has 32 heavy (non-hydrogen) atoms. The molecule has 6 nitrogen and oxygen atoms in total. The van der Waals surface area contributed by atoms with E-state index in [0.29, 0.717) is 35.3 Å². The maximum Gasteiger partial charge on any atom is 0.236 e. The molecule has 1 aliphatic rings. The second-order valence-electron chi connectivity index (χ2n) is 8.23. The number of aryl methyl sites for hydroxylation is 2. The second kappa shape index (κ2) is 9.91. The highest BCUT2D eigenvalue weighted by Crippen LogP contribution is 2.62. The Morgan fingerprint density at radius 1 is 0.812 bits per heavy atom. The molecular formula is C25H31O6P. The Hall–Kier alpha value is -2.59. The Labute approximate surface area is 189 Å². The van der Waals surface area contributed by atoms with E-state index in [2.05, 4.69) is 0 Å². The lowest BCUT2D eigenvalue weighted by Crippen LogP contribution is -2.25. The summed E-state index contributed by atoms with van der Waals surface area (Å²) in [6, 6.07) is 8.56. The highest BCUT2D eigenvalue weighted by Gasteiger charge is 2.50. The lowest BCUT2D eigenvalue weighted by Gasteiger charge is -2.30. The maximum absolute atomic E-state index is 14.7. The molecule has 1 aliphatic carbocycles. The van der Waals surface area contributed by atoms with Gasteiger partial charge in [-0.1, -0.05) is 37.5 Å². The van der Waals surface area contributed by atoms with E-state index in [-0.39, 0.29) is 17.1 Å². The van der Waals surface area contributed by atoms with E-state index < -0.39 is 23.8 Å². The first-order valence-electron chi connectivity index (χ1n) is 10.8. The zero-order chi connectivity index (χ0) is 23.5. The van der Waals surface area contributed by atoms with Gasteiger partial charge in [0.25, 0.3) is 0 Å². The third-order valence-corrected chi connectivity index (χ3v) is 9.52. The fourth-order valence-corrected chi connectivity index (χ4v) is 7.75. The molecule has 0 heterocycles. The number of carbonyl (C=O) groups excluding carboxylic acids is 2. The van der Waals surface area contributed by atoms with Crippen molar-refractivity contribution in [3.8, 4) is 17.2 Å². The van der Waals surface area contributed by atoms with Crippen LogP contribution in [-0.2, 0) is 4.57 Å². The molecule has 0 aliphatic heterocycles. The second-order valence-corrected chi connectivity index (χ2v) is 11.1. The van der Waals surface area contributed by atoms with Crippen molar-refractivity contribution in [1.82, 2.24) is 0 Å². The Bertz CT molecular complexity index is 1020. The van der Waals surface area contributed by atoms with Gasteiger partial charge in [-0.3, -0.25) is 9.59 Å². The van der Waals surface area contributed by atoms with E-state index in [0.717, 1.165) is 19.3 Å². The quantitative estimate of drug-likeness (QED) is 0.451.